The second kappa shape index (κ2) is 18.3. The van der Waals surface area contributed by atoms with Gasteiger partial charge in [0.05, 0.1) is 0 Å². The zero-order valence-electron chi connectivity index (χ0n) is 26.9. The average molecular weight is 644 g/mol. The zero-order valence-corrected chi connectivity index (χ0v) is 29.8. The molecule has 0 bridgehead atoms. The third-order valence-corrected chi connectivity index (χ3v) is 18.5. The van der Waals surface area contributed by atoms with E-state index >= 15 is 0 Å². The maximum atomic E-state index is 7.38. The molecule has 2 nitrogen and oxygen atoms in total. The molecule has 0 aliphatic carbocycles. The van der Waals surface area contributed by atoms with Gasteiger partial charge in [-0.25, -0.2) is 0 Å². The van der Waals surface area contributed by atoms with Crippen molar-refractivity contribution in [1.29, 1.82) is 0 Å². The molecule has 0 atom stereocenters. The van der Waals surface area contributed by atoms with Gasteiger partial charge in [-0.15, -0.1) is 0 Å². The Hall–Kier alpha value is -1.16. The van der Waals surface area contributed by atoms with Gasteiger partial charge in [0.2, 0.25) is 0 Å². The Balaban J connectivity index is 2.45. The summed E-state index contributed by atoms with van der Waals surface area (Å²) in [5, 5.41) is 0. The maximum absolute atomic E-state index is 7.38. The monoisotopic (exact) mass is 644 g/mol. The van der Waals surface area contributed by atoms with E-state index in [0.29, 0.717) is 0 Å². The molecule has 39 heavy (non-hydrogen) atoms. The summed E-state index contributed by atoms with van der Waals surface area (Å²) in [7, 11) is 0. The van der Waals surface area contributed by atoms with E-state index in [0.717, 1.165) is 33.2 Å². The van der Waals surface area contributed by atoms with Gasteiger partial charge in [0.1, 0.15) is 0 Å². The number of hydrogen-bond acceptors (Lipinski definition) is 2. The molecule has 0 saturated carbocycles. The Morgan fingerprint density at radius 3 is 1.21 bits per heavy atom. The van der Waals surface area contributed by atoms with Crippen LogP contribution in [0, 0.1) is 27.7 Å². The molecule has 2 aromatic rings. The van der Waals surface area contributed by atoms with Crippen LogP contribution in [0.25, 0.3) is 0 Å². The van der Waals surface area contributed by atoms with Gasteiger partial charge in [0, 0.05) is 0 Å². The normalized spacial score (nSPS) is 11.7. The number of rotatable bonds is 20. The van der Waals surface area contributed by atoms with Crippen LogP contribution in [0.15, 0.2) is 24.3 Å². The summed E-state index contributed by atoms with van der Waals surface area (Å²) < 4.78 is 17.0. The minimum atomic E-state index is -3.59. The van der Waals surface area contributed by atoms with Crippen LogP contribution in [0.3, 0.4) is 0 Å². The number of aryl methyl sites for hydroxylation is 2. The molecule has 0 amide bonds. The average Bonchev–Trinajstić information content (AvgIpc) is 2.93. The molecule has 0 unspecified atom stereocenters. The van der Waals surface area contributed by atoms with Crippen LogP contribution in [0.2, 0.25) is 8.87 Å². The standard InChI is InChI=1S/2C10H14O.2C8H17.Sn/c2*1-4-9-8(3)7(2)5-6-10(9)11;2*1-3-5-7-8-6-4-2;/h2*5-6,11H,4H2,1-3H3;2*1,3-8H2,2H3;/q;;;;+2/p-2. The zero-order chi connectivity index (χ0) is 28.7. The van der Waals surface area contributed by atoms with Crippen molar-refractivity contribution < 1.29 is 6.15 Å². The van der Waals surface area contributed by atoms with Crippen molar-refractivity contribution in [2.45, 2.75) is 154 Å². The van der Waals surface area contributed by atoms with Crippen molar-refractivity contribution in [3.63, 3.8) is 0 Å². The molecule has 0 aromatic heterocycles. The summed E-state index contributed by atoms with van der Waals surface area (Å²) in [6.45, 7) is 18.1. The summed E-state index contributed by atoms with van der Waals surface area (Å²) >= 11 is -3.59. The fourth-order valence-electron chi connectivity index (χ4n) is 5.87. The van der Waals surface area contributed by atoms with Crippen molar-refractivity contribution in [3.8, 4) is 11.5 Å². The summed E-state index contributed by atoms with van der Waals surface area (Å²) in [6, 6.07) is 9.01. The molecular formula is C36H60O2Sn. The van der Waals surface area contributed by atoms with E-state index in [1.54, 1.807) is 0 Å². The fourth-order valence-corrected chi connectivity index (χ4v) is 15.7. The van der Waals surface area contributed by atoms with Crippen molar-refractivity contribution in [3.05, 3.63) is 57.6 Å². The van der Waals surface area contributed by atoms with Crippen LogP contribution in [0.1, 0.15) is 138 Å². The number of benzene rings is 2. The Kier molecular flexibility index (Phi) is 16.0. The van der Waals surface area contributed by atoms with Gasteiger partial charge in [0.25, 0.3) is 0 Å². The predicted molar refractivity (Wildman–Crippen MR) is 174 cm³/mol. The molecule has 0 N–H and O–H groups in total. The third-order valence-electron chi connectivity index (χ3n) is 8.77. The van der Waals surface area contributed by atoms with Crippen molar-refractivity contribution >= 4 is 19.2 Å². The third kappa shape index (κ3) is 10.6. The second-order valence-electron chi connectivity index (χ2n) is 11.8. The van der Waals surface area contributed by atoms with Crippen LogP contribution in [-0.4, -0.2) is 19.2 Å². The van der Waals surface area contributed by atoms with Crippen molar-refractivity contribution in [2.24, 2.45) is 0 Å². The Morgan fingerprint density at radius 2 is 0.846 bits per heavy atom. The second-order valence-corrected chi connectivity index (χ2v) is 21.0. The summed E-state index contributed by atoms with van der Waals surface area (Å²) in [5.74, 6) is 2.21. The van der Waals surface area contributed by atoms with Gasteiger partial charge < -0.3 is 0 Å². The van der Waals surface area contributed by atoms with Gasteiger partial charge in [0.15, 0.2) is 0 Å². The molecule has 0 heterocycles. The molecule has 3 heteroatoms. The molecule has 220 valence electrons. The number of hydrogen-bond donors (Lipinski definition) is 0. The topological polar surface area (TPSA) is 18.5 Å². The first-order chi connectivity index (χ1) is 18.8. The van der Waals surface area contributed by atoms with Gasteiger partial charge in [-0.05, 0) is 0 Å². The molecule has 0 radical (unpaired) electrons. The summed E-state index contributed by atoms with van der Waals surface area (Å²) in [5.41, 5.74) is 8.23. The van der Waals surface area contributed by atoms with Crippen molar-refractivity contribution in [2.75, 3.05) is 0 Å². The first-order valence-corrected chi connectivity index (χ1v) is 22.7. The van der Waals surface area contributed by atoms with E-state index in [4.69, 9.17) is 6.15 Å². The van der Waals surface area contributed by atoms with E-state index in [9.17, 15) is 0 Å². The number of unbranched alkanes of at least 4 members (excludes halogenated alkanes) is 10. The quantitative estimate of drug-likeness (QED) is 0.106. The van der Waals surface area contributed by atoms with E-state index in [1.807, 2.05) is 0 Å². The van der Waals surface area contributed by atoms with Gasteiger partial charge in [-0.1, -0.05) is 0 Å². The summed E-state index contributed by atoms with van der Waals surface area (Å²) in [6.07, 6.45) is 17.7. The van der Waals surface area contributed by atoms with Gasteiger partial charge >= 0.3 is 249 Å². The van der Waals surface area contributed by atoms with Gasteiger partial charge in [-0.2, -0.15) is 0 Å². The molecule has 2 rings (SSSR count). The predicted octanol–water partition coefficient (Wildman–Crippen LogP) is 11.7. The fraction of sp³-hybridized carbons (Fsp3) is 0.667. The molecule has 0 spiro atoms. The van der Waals surface area contributed by atoms with Gasteiger partial charge in [-0.3, -0.25) is 0 Å². The van der Waals surface area contributed by atoms with Crippen LogP contribution in [0.4, 0.5) is 0 Å². The van der Waals surface area contributed by atoms with Crippen LogP contribution < -0.4 is 6.15 Å². The SMILES string of the molecule is CCCCCCC[CH2][Sn]([CH2]CCCCCCC)([O]c1ccc(C)c(C)c1CC)[O]c1ccc(C)c(C)c1CC. The Morgan fingerprint density at radius 1 is 0.487 bits per heavy atom. The van der Waals surface area contributed by atoms with E-state index in [1.165, 1.54) is 110 Å². The van der Waals surface area contributed by atoms with E-state index < -0.39 is 19.2 Å². The first kappa shape index (κ1) is 34.0. The van der Waals surface area contributed by atoms with Crippen LogP contribution in [0.5, 0.6) is 11.5 Å². The Labute approximate surface area is 247 Å². The van der Waals surface area contributed by atoms with E-state index in [2.05, 4.69) is 79.7 Å². The van der Waals surface area contributed by atoms with Crippen molar-refractivity contribution in [1.82, 2.24) is 0 Å². The van der Waals surface area contributed by atoms with Crippen LogP contribution in [-0.2, 0) is 12.8 Å². The summed E-state index contributed by atoms with van der Waals surface area (Å²) in [4.78, 5) is 0. The Bertz CT molecular complexity index is 901. The van der Waals surface area contributed by atoms with Crippen LogP contribution >= 0.6 is 0 Å². The molecule has 0 fully saturated rings. The molecule has 2 aromatic carbocycles. The van der Waals surface area contributed by atoms with E-state index in [-0.39, 0.29) is 0 Å². The minimum absolute atomic E-state index is 1.00. The molecular weight excluding hydrogens is 583 g/mol. The molecule has 0 aliphatic rings. The molecule has 0 aliphatic heterocycles. The molecule has 0 saturated heterocycles. The first-order valence-electron chi connectivity index (χ1n) is 16.4.